The molecule has 0 saturated heterocycles. The molecule has 0 radical (unpaired) electrons. The Morgan fingerprint density at radius 1 is 1.50 bits per heavy atom. The van der Waals surface area contributed by atoms with Gasteiger partial charge in [0.15, 0.2) is 0 Å². The maximum absolute atomic E-state index is 11.7. The maximum atomic E-state index is 11.7. The standard InChI is InChI=1S/C12H17NO3S2/c1-8-7-9(12(15)16-2)11(18-8)13-10(14)5-4-6-17-3/h7H,4-6H2,1-3H3,(H,13,14). The van der Waals surface area contributed by atoms with E-state index in [0.717, 1.165) is 17.1 Å². The number of hydrogen-bond acceptors (Lipinski definition) is 5. The van der Waals surface area contributed by atoms with E-state index in [-0.39, 0.29) is 5.91 Å². The van der Waals surface area contributed by atoms with E-state index >= 15 is 0 Å². The molecule has 0 bridgehead atoms. The summed E-state index contributed by atoms with van der Waals surface area (Å²) in [6.07, 6.45) is 3.32. The van der Waals surface area contributed by atoms with Crippen molar-refractivity contribution < 1.29 is 14.3 Å². The predicted octanol–water partition coefficient (Wildman–Crippen LogP) is 2.92. The van der Waals surface area contributed by atoms with Gasteiger partial charge in [0.05, 0.1) is 12.7 Å². The van der Waals surface area contributed by atoms with Crippen molar-refractivity contribution in [3.63, 3.8) is 0 Å². The second-order valence-corrected chi connectivity index (χ2v) is 5.98. The second-order valence-electron chi connectivity index (χ2n) is 3.74. The van der Waals surface area contributed by atoms with Crippen LogP contribution in [0.2, 0.25) is 0 Å². The highest BCUT2D eigenvalue weighted by Crippen LogP contribution is 2.28. The first-order valence-electron chi connectivity index (χ1n) is 5.56. The number of aryl methyl sites for hydroxylation is 1. The van der Waals surface area contributed by atoms with Crippen LogP contribution >= 0.6 is 23.1 Å². The minimum absolute atomic E-state index is 0.0592. The Bertz CT molecular complexity index is 429. The topological polar surface area (TPSA) is 55.4 Å². The van der Waals surface area contributed by atoms with Crippen LogP contribution in [0.3, 0.4) is 0 Å². The Hall–Kier alpha value is -1.01. The van der Waals surface area contributed by atoms with Gasteiger partial charge in [-0.2, -0.15) is 11.8 Å². The van der Waals surface area contributed by atoms with Gasteiger partial charge in [-0.3, -0.25) is 4.79 Å². The smallest absolute Gasteiger partial charge is 0.340 e. The number of carbonyl (C=O) groups excluding carboxylic acids is 2. The third-order valence-corrected chi connectivity index (χ3v) is 3.93. The molecule has 1 N–H and O–H groups in total. The van der Waals surface area contributed by atoms with Gasteiger partial charge in [0.25, 0.3) is 0 Å². The molecule has 0 aliphatic rings. The molecular weight excluding hydrogens is 270 g/mol. The molecule has 100 valence electrons. The van der Waals surface area contributed by atoms with Crippen LogP contribution in [0.5, 0.6) is 0 Å². The molecule has 4 nitrogen and oxygen atoms in total. The molecule has 6 heteroatoms. The Kier molecular flexibility index (Phi) is 6.21. The zero-order valence-corrected chi connectivity index (χ0v) is 12.4. The van der Waals surface area contributed by atoms with Crippen LogP contribution in [0, 0.1) is 6.92 Å². The summed E-state index contributed by atoms with van der Waals surface area (Å²) in [7, 11) is 1.33. The number of rotatable bonds is 6. The summed E-state index contributed by atoms with van der Waals surface area (Å²) in [5, 5.41) is 3.35. The SMILES string of the molecule is COC(=O)c1cc(C)sc1NC(=O)CCCSC. The Morgan fingerprint density at radius 2 is 2.22 bits per heavy atom. The Labute approximate surface area is 115 Å². The van der Waals surface area contributed by atoms with E-state index in [0.29, 0.717) is 17.0 Å². The van der Waals surface area contributed by atoms with Crippen molar-refractivity contribution in [2.24, 2.45) is 0 Å². The molecule has 1 heterocycles. The number of amides is 1. The van der Waals surface area contributed by atoms with Crippen LogP contribution in [0.25, 0.3) is 0 Å². The third-order valence-electron chi connectivity index (χ3n) is 2.27. The van der Waals surface area contributed by atoms with Crippen molar-refractivity contribution in [1.29, 1.82) is 0 Å². The van der Waals surface area contributed by atoms with Crippen LogP contribution in [0.1, 0.15) is 28.1 Å². The fourth-order valence-corrected chi connectivity index (χ4v) is 2.78. The molecule has 1 amide bonds. The van der Waals surface area contributed by atoms with E-state index in [9.17, 15) is 9.59 Å². The van der Waals surface area contributed by atoms with Gasteiger partial charge in [0.2, 0.25) is 5.91 Å². The number of nitrogens with one attached hydrogen (secondary N) is 1. The summed E-state index contributed by atoms with van der Waals surface area (Å²) in [6.45, 7) is 1.89. The van der Waals surface area contributed by atoms with Crippen molar-refractivity contribution in [2.75, 3.05) is 24.4 Å². The number of ether oxygens (including phenoxy) is 1. The quantitative estimate of drug-likeness (QED) is 0.645. The van der Waals surface area contributed by atoms with E-state index in [1.165, 1.54) is 18.4 Å². The lowest BCUT2D eigenvalue weighted by atomic mass is 10.3. The van der Waals surface area contributed by atoms with Crippen LogP contribution in [0.4, 0.5) is 5.00 Å². The minimum atomic E-state index is -0.418. The lowest BCUT2D eigenvalue weighted by Crippen LogP contribution is -2.13. The van der Waals surface area contributed by atoms with Crippen LogP contribution < -0.4 is 5.32 Å². The van der Waals surface area contributed by atoms with Crippen LogP contribution in [0.15, 0.2) is 6.07 Å². The van der Waals surface area contributed by atoms with E-state index in [1.807, 2.05) is 13.2 Å². The third kappa shape index (κ3) is 4.34. The summed E-state index contributed by atoms with van der Waals surface area (Å²) < 4.78 is 4.68. The summed E-state index contributed by atoms with van der Waals surface area (Å²) in [6, 6.07) is 1.73. The number of anilines is 1. The van der Waals surface area contributed by atoms with E-state index in [4.69, 9.17) is 0 Å². The van der Waals surface area contributed by atoms with Crippen molar-refractivity contribution in [3.8, 4) is 0 Å². The zero-order chi connectivity index (χ0) is 13.5. The first-order chi connectivity index (χ1) is 8.58. The molecule has 1 aromatic heterocycles. The monoisotopic (exact) mass is 287 g/mol. The molecule has 0 aliphatic carbocycles. The first-order valence-corrected chi connectivity index (χ1v) is 7.77. The number of carbonyl (C=O) groups is 2. The summed E-state index contributed by atoms with van der Waals surface area (Å²) >= 11 is 3.10. The molecule has 0 fully saturated rings. The van der Waals surface area contributed by atoms with E-state index in [1.54, 1.807) is 17.8 Å². The molecule has 1 rings (SSSR count). The number of esters is 1. The maximum Gasteiger partial charge on any atom is 0.340 e. The normalized spacial score (nSPS) is 10.2. The van der Waals surface area contributed by atoms with Crippen LogP contribution in [-0.4, -0.2) is 31.0 Å². The van der Waals surface area contributed by atoms with Crippen molar-refractivity contribution in [2.45, 2.75) is 19.8 Å². The second kappa shape index (κ2) is 7.43. The van der Waals surface area contributed by atoms with Crippen LogP contribution in [-0.2, 0) is 9.53 Å². The largest absolute Gasteiger partial charge is 0.465 e. The fraction of sp³-hybridized carbons (Fsp3) is 0.500. The molecule has 0 atom stereocenters. The first kappa shape index (κ1) is 15.0. The highest BCUT2D eigenvalue weighted by atomic mass is 32.2. The van der Waals surface area contributed by atoms with E-state index in [2.05, 4.69) is 10.1 Å². The molecule has 1 aromatic rings. The molecule has 18 heavy (non-hydrogen) atoms. The summed E-state index contributed by atoms with van der Waals surface area (Å²) in [5.41, 5.74) is 0.429. The molecule has 0 saturated carbocycles. The van der Waals surface area contributed by atoms with Gasteiger partial charge in [-0.15, -0.1) is 11.3 Å². The number of methoxy groups -OCH3 is 1. The number of hydrogen-bond donors (Lipinski definition) is 1. The summed E-state index contributed by atoms with van der Waals surface area (Å²) in [4.78, 5) is 24.2. The van der Waals surface area contributed by atoms with Gasteiger partial charge in [-0.05, 0) is 31.4 Å². The van der Waals surface area contributed by atoms with Crippen molar-refractivity contribution in [3.05, 3.63) is 16.5 Å². The average molecular weight is 287 g/mol. The molecular formula is C12H17NO3S2. The van der Waals surface area contributed by atoms with Gasteiger partial charge >= 0.3 is 5.97 Å². The summed E-state index contributed by atoms with van der Waals surface area (Å²) in [5.74, 6) is 0.482. The molecule has 0 spiro atoms. The molecule has 0 aliphatic heterocycles. The van der Waals surface area contributed by atoms with Gasteiger partial charge in [-0.25, -0.2) is 4.79 Å². The predicted molar refractivity (Wildman–Crippen MR) is 76.6 cm³/mol. The Morgan fingerprint density at radius 3 is 2.83 bits per heavy atom. The lowest BCUT2D eigenvalue weighted by Gasteiger charge is -2.04. The lowest BCUT2D eigenvalue weighted by molar-refractivity contribution is -0.116. The van der Waals surface area contributed by atoms with Gasteiger partial charge in [0.1, 0.15) is 5.00 Å². The number of thioether (sulfide) groups is 1. The average Bonchev–Trinajstić information content (AvgIpc) is 2.69. The minimum Gasteiger partial charge on any atom is -0.465 e. The highest BCUT2D eigenvalue weighted by Gasteiger charge is 2.16. The Balaban J connectivity index is 2.66. The van der Waals surface area contributed by atoms with Crippen molar-refractivity contribution in [1.82, 2.24) is 0 Å². The van der Waals surface area contributed by atoms with Gasteiger partial charge < -0.3 is 10.1 Å². The fourth-order valence-electron chi connectivity index (χ4n) is 1.43. The highest BCUT2D eigenvalue weighted by molar-refractivity contribution is 7.98. The number of thiophene rings is 1. The molecule has 0 aromatic carbocycles. The van der Waals surface area contributed by atoms with Gasteiger partial charge in [0, 0.05) is 11.3 Å². The van der Waals surface area contributed by atoms with Crippen molar-refractivity contribution >= 4 is 40.0 Å². The molecule has 0 unspecified atom stereocenters. The van der Waals surface area contributed by atoms with E-state index < -0.39 is 5.97 Å². The van der Waals surface area contributed by atoms with Gasteiger partial charge in [-0.1, -0.05) is 0 Å². The zero-order valence-electron chi connectivity index (χ0n) is 10.7.